The average molecular weight is 362 g/mol. The molecule has 1 rings (SSSR count). The van der Waals surface area contributed by atoms with Crippen LogP contribution < -0.4 is 4.52 Å². The summed E-state index contributed by atoms with van der Waals surface area (Å²) in [5.41, 5.74) is 1.19. The monoisotopic (exact) mass is 362 g/mol. The van der Waals surface area contributed by atoms with Crippen LogP contribution in [0.5, 0.6) is 5.75 Å². The quantitative estimate of drug-likeness (QED) is 0.551. The molecule has 13 heteroatoms. The third kappa shape index (κ3) is 6.40. The molecule has 0 spiro atoms. The van der Waals surface area contributed by atoms with E-state index in [0.29, 0.717) is 11.1 Å². The maximum absolute atomic E-state index is 11.6. The van der Waals surface area contributed by atoms with Crippen molar-refractivity contribution in [2.24, 2.45) is 0 Å². The van der Waals surface area contributed by atoms with Crippen molar-refractivity contribution in [2.45, 2.75) is 13.8 Å². The second-order valence-electron chi connectivity index (χ2n) is 3.88. The predicted molar refractivity (Wildman–Crippen MR) is 70.4 cm³/mol. The summed E-state index contributed by atoms with van der Waals surface area (Å²) in [4.78, 5) is 35.1. The van der Waals surface area contributed by atoms with E-state index in [0.717, 1.165) is 0 Å². The minimum absolute atomic E-state index is 0.1000. The van der Waals surface area contributed by atoms with E-state index >= 15 is 0 Å². The molecule has 0 amide bonds. The predicted octanol–water partition coefficient (Wildman–Crippen LogP) is 2.01. The van der Waals surface area contributed by atoms with Gasteiger partial charge in [-0.1, -0.05) is 12.1 Å². The molecule has 0 heterocycles. The maximum Gasteiger partial charge on any atom is 0.536 e. The zero-order valence-corrected chi connectivity index (χ0v) is 13.5. The van der Waals surface area contributed by atoms with Gasteiger partial charge in [0.15, 0.2) is 0 Å². The Bertz CT molecular complexity index is 664. The Morgan fingerprint density at radius 3 is 2.00 bits per heavy atom. The van der Waals surface area contributed by atoms with Gasteiger partial charge in [-0.05, 0) is 31.0 Å². The number of rotatable bonds is 6. The molecule has 0 saturated carbocycles. The van der Waals surface area contributed by atoms with Crippen LogP contribution in [-0.2, 0) is 22.3 Å². The van der Waals surface area contributed by atoms with Crippen LogP contribution in [0.1, 0.15) is 11.1 Å². The van der Waals surface area contributed by atoms with Crippen molar-refractivity contribution in [2.75, 3.05) is 0 Å². The molecule has 0 bridgehead atoms. The lowest BCUT2D eigenvalue weighted by atomic mass is 10.1. The molecule has 1 aromatic carbocycles. The highest BCUT2D eigenvalue weighted by atomic mass is 31.3. The molecule has 0 aromatic heterocycles. The number of phosphoric ester groups is 1. The van der Waals surface area contributed by atoms with Gasteiger partial charge in [0.2, 0.25) is 0 Å². The highest BCUT2D eigenvalue weighted by Crippen LogP contribution is 2.66. The Kier molecular flexibility index (Phi) is 5.56. The van der Waals surface area contributed by atoms with Crippen molar-refractivity contribution < 1.29 is 46.4 Å². The van der Waals surface area contributed by atoms with Gasteiger partial charge in [0, 0.05) is 0 Å². The molecule has 0 aliphatic carbocycles. The van der Waals surface area contributed by atoms with Crippen molar-refractivity contribution in [1.29, 1.82) is 0 Å². The summed E-state index contributed by atoms with van der Waals surface area (Å²) in [5, 5.41) is 0. The van der Waals surface area contributed by atoms with Crippen LogP contribution in [0.4, 0.5) is 0 Å². The van der Waals surface area contributed by atoms with Crippen molar-refractivity contribution in [3.05, 3.63) is 29.3 Å². The molecule has 120 valence electrons. The van der Waals surface area contributed by atoms with E-state index in [9.17, 15) is 18.6 Å². The van der Waals surface area contributed by atoms with Crippen molar-refractivity contribution >= 4 is 23.5 Å². The Hall–Kier alpha value is -0.530. The fraction of sp³-hybridized carbons (Fsp3) is 0.250. The maximum atomic E-state index is 11.6. The van der Waals surface area contributed by atoms with Crippen LogP contribution in [0.3, 0.4) is 0 Å². The van der Waals surface area contributed by atoms with Crippen molar-refractivity contribution in [3.63, 3.8) is 0 Å². The SMILES string of the molecule is Cc1cccc(OP(=O)(O)OP(=O)(O)OP(=O)(O)O)c1C. The first-order valence-electron chi connectivity index (χ1n) is 5.21. The zero-order valence-electron chi connectivity index (χ0n) is 10.8. The van der Waals surface area contributed by atoms with Gasteiger partial charge in [0.1, 0.15) is 5.75 Å². The van der Waals surface area contributed by atoms with Crippen molar-refractivity contribution in [1.82, 2.24) is 0 Å². The molecule has 2 atom stereocenters. The van der Waals surface area contributed by atoms with Gasteiger partial charge in [-0.25, -0.2) is 13.7 Å². The molecular weight excluding hydrogens is 349 g/mol. The molecule has 10 nitrogen and oxygen atoms in total. The van der Waals surface area contributed by atoms with Crippen molar-refractivity contribution in [3.8, 4) is 5.75 Å². The van der Waals surface area contributed by atoms with Gasteiger partial charge in [-0.3, -0.25) is 4.89 Å². The van der Waals surface area contributed by atoms with Crippen LogP contribution in [-0.4, -0.2) is 19.6 Å². The van der Waals surface area contributed by atoms with Gasteiger partial charge in [0.05, 0.1) is 0 Å². The first-order valence-corrected chi connectivity index (χ1v) is 9.73. The van der Waals surface area contributed by atoms with Crippen LogP contribution >= 0.6 is 23.5 Å². The second kappa shape index (κ2) is 6.30. The first kappa shape index (κ1) is 18.5. The largest absolute Gasteiger partial charge is 0.536 e. The zero-order chi connectivity index (χ0) is 16.5. The normalized spacial score (nSPS) is 17.8. The van der Waals surface area contributed by atoms with Gasteiger partial charge >= 0.3 is 23.5 Å². The topological polar surface area (TPSA) is 160 Å². The van der Waals surface area contributed by atoms with E-state index in [1.54, 1.807) is 19.9 Å². The summed E-state index contributed by atoms with van der Waals surface area (Å²) in [6, 6.07) is 4.50. The first-order chi connectivity index (χ1) is 9.31. The van der Waals surface area contributed by atoms with Gasteiger partial charge in [-0.15, -0.1) is 0 Å². The summed E-state index contributed by atoms with van der Waals surface area (Å²) in [6.45, 7) is 3.26. The molecule has 1 aromatic rings. The number of phosphoric acid groups is 3. The highest BCUT2D eigenvalue weighted by Gasteiger charge is 2.41. The summed E-state index contributed by atoms with van der Waals surface area (Å²) in [6.07, 6.45) is 0. The molecule has 0 radical (unpaired) electrons. The molecule has 4 N–H and O–H groups in total. The number of hydrogen-bond acceptors (Lipinski definition) is 6. The third-order valence-electron chi connectivity index (χ3n) is 2.18. The Morgan fingerprint density at radius 2 is 1.48 bits per heavy atom. The minimum atomic E-state index is -5.50. The van der Waals surface area contributed by atoms with E-state index in [1.165, 1.54) is 12.1 Å². The molecule has 0 aliphatic rings. The molecule has 2 unspecified atom stereocenters. The lowest BCUT2D eigenvalue weighted by Crippen LogP contribution is -1.99. The van der Waals surface area contributed by atoms with E-state index in [4.69, 9.17) is 14.7 Å². The highest BCUT2D eigenvalue weighted by molar-refractivity contribution is 7.66. The number of benzene rings is 1. The molecular formula is C8H13O10P3. The van der Waals surface area contributed by atoms with Gasteiger partial charge < -0.3 is 19.2 Å². The van der Waals surface area contributed by atoms with Crippen LogP contribution in [0.25, 0.3) is 0 Å². The third-order valence-corrected chi connectivity index (χ3v) is 5.94. The van der Waals surface area contributed by atoms with Crippen LogP contribution in [0.15, 0.2) is 18.2 Å². The standard InChI is InChI=1S/C8H13O10P3/c1-6-4-3-5-8(7(6)2)16-20(12,13)18-21(14,15)17-19(9,10)11/h3-5H,1-2H3,(H,12,13)(H,14,15)(H2,9,10,11). The molecule has 0 fully saturated rings. The average Bonchev–Trinajstić information content (AvgIpc) is 2.18. The van der Waals surface area contributed by atoms with Crippen LogP contribution in [0.2, 0.25) is 0 Å². The number of aryl methyl sites for hydroxylation is 1. The summed E-state index contributed by atoms with van der Waals surface area (Å²) < 4.78 is 45.0. The summed E-state index contributed by atoms with van der Waals surface area (Å²) >= 11 is 0. The summed E-state index contributed by atoms with van der Waals surface area (Å²) in [7, 11) is -16.1. The fourth-order valence-electron chi connectivity index (χ4n) is 1.24. The van der Waals surface area contributed by atoms with E-state index in [-0.39, 0.29) is 5.75 Å². The Balaban J connectivity index is 2.92. The van der Waals surface area contributed by atoms with E-state index < -0.39 is 23.5 Å². The fourth-order valence-corrected chi connectivity index (χ4v) is 4.33. The Morgan fingerprint density at radius 1 is 0.905 bits per heavy atom. The lowest BCUT2D eigenvalue weighted by Gasteiger charge is -2.17. The smallest absolute Gasteiger partial charge is 0.404 e. The molecule has 0 saturated heterocycles. The Labute approximate surface area is 119 Å². The van der Waals surface area contributed by atoms with Gasteiger partial charge in [-0.2, -0.15) is 8.62 Å². The number of hydrogen-bond donors (Lipinski definition) is 4. The van der Waals surface area contributed by atoms with Crippen LogP contribution in [0, 0.1) is 13.8 Å². The molecule has 21 heavy (non-hydrogen) atoms. The summed E-state index contributed by atoms with van der Waals surface area (Å²) in [5.74, 6) is -0.1000. The lowest BCUT2D eigenvalue weighted by molar-refractivity contribution is 0.206. The molecule has 0 aliphatic heterocycles. The van der Waals surface area contributed by atoms with E-state index in [2.05, 4.69) is 13.1 Å². The second-order valence-corrected chi connectivity index (χ2v) is 8.22. The van der Waals surface area contributed by atoms with Gasteiger partial charge in [0.25, 0.3) is 0 Å². The van der Waals surface area contributed by atoms with E-state index in [1.807, 2.05) is 0 Å². The minimum Gasteiger partial charge on any atom is -0.404 e.